The molecule has 6 heteroatoms. The standard InChI is InChI=1S/C25H18F2N4/c1-15-21-22(16-3-7-19(26)8-4-16)23(17-11-13-28-14-12-17)24(29-25(21)31(2)30-15)18-5-9-20(27)10-6-18/h3-14H,1-2H3. The molecule has 0 aliphatic heterocycles. The SMILES string of the molecule is Cc1nn(C)c2nc(-c3ccc(F)cc3)c(-c3ccncc3)c(-c3ccc(F)cc3)c12. The lowest BCUT2D eigenvalue weighted by molar-refractivity contribution is 0.627. The highest BCUT2D eigenvalue weighted by Gasteiger charge is 2.23. The number of hydrogen-bond acceptors (Lipinski definition) is 3. The van der Waals surface area contributed by atoms with Gasteiger partial charge in [0.2, 0.25) is 0 Å². The molecule has 0 amide bonds. The number of halogens is 2. The largest absolute Gasteiger partial charge is 0.265 e. The third kappa shape index (κ3) is 3.26. The summed E-state index contributed by atoms with van der Waals surface area (Å²) >= 11 is 0. The van der Waals surface area contributed by atoms with Gasteiger partial charge in [0, 0.05) is 36.1 Å². The van der Waals surface area contributed by atoms with Crippen molar-refractivity contribution in [3.63, 3.8) is 0 Å². The van der Waals surface area contributed by atoms with E-state index in [-0.39, 0.29) is 11.6 Å². The lowest BCUT2D eigenvalue weighted by atomic mass is 9.89. The van der Waals surface area contributed by atoms with Crippen molar-refractivity contribution in [3.05, 3.63) is 90.4 Å². The Balaban J connectivity index is 1.98. The Hall–Kier alpha value is -3.93. The first-order valence-corrected chi connectivity index (χ1v) is 9.82. The minimum atomic E-state index is -0.314. The highest BCUT2D eigenvalue weighted by Crippen LogP contribution is 2.43. The Bertz CT molecular complexity index is 1390. The molecule has 5 aromatic rings. The average Bonchev–Trinajstić information content (AvgIpc) is 3.07. The Morgan fingerprint density at radius 1 is 0.710 bits per heavy atom. The molecule has 3 aromatic heterocycles. The van der Waals surface area contributed by atoms with Crippen molar-refractivity contribution in [2.45, 2.75) is 6.92 Å². The Labute approximate surface area is 177 Å². The van der Waals surface area contributed by atoms with Gasteiger partial charge in [-0.25, -0.2) is 13.8 Å². The van der Waals surface area contributed by atoms with Gasteiger partial charge in [-0.15, -0.1) is 0 Å². The molecule has 0 bridgehead atoms. The molecular weight excluding hydrogens is 394 g/mol. The third-order valence-corrected chi connectivity index (χ3v) is 5.37. The third-order valence-electron chi connectivity index (χ3n) is 5.37. The average molecular weight is 412 g/mol. The van der Waals surface area contributed by atoms with E-state index in [0.29, 0.717) is 11.3 Å². The second kappa shape index (κ2) is 7.40. The van der Waals surface area contributed by atoms with E-state index in [1.807, 2.05) is 26.1 Å². The number of nitrogens with zero attached hydrogens (tertiary/aromatic N) is 4. The Kier molecular flexibility index (Phi) is 4.55. The van der Waals surface area contributed by atoms with Crippen molar-refractivity contribution in [3.8, 4) is 33.5 Å². The van der Waals surface area contributed by atoms with Gasteiger partial charge in [-0.05, 0) is 66.6 Å². The molecule has 4 nitrogen and oxygen atoms in total. The molecule has 152 valence electrons. The topological polar surface area (TPSA) is 43.6 Å². The lowest BCUT2D eigenvalue weighted by Crippen LogP contribution is -1.99. The van der Waals surface area contributed by atoms with Crippen LogP contribution in [0.25, 0.3) is 44.5 Å². The van der Waals surface area contributed by atoms with Crippen molar-refractivity contribution in [1.82, 2.24) is 19.7 Å². The summed E-state index contributed by atoms with van der Waals surface area (Å²) in [5.41, 5.74) is 6.52. The van der Waals surface area contributed by atoms with Gasteiger partial charge in [-0.3, -0.25) is 9.67 Å². The molecule has 0 aliphatic carbocycles. The van der Waals surface area contributed by atoms with Gasteiger partial charge in [0.05, 0.1) is 16.8 Å². The number of fused-ring (bicyclic) bond motifs is 1. The Morgan fingerprint density at radius 3 is 1.87 bits per heavy atom. The molecule has 5 rings (SSSR count). The molecule has 3 heterocycles. The van der Waals surface area contributed by atoms with Gasteiger partial charge in [-0.1, -0.05) is 12.1 Å². The molecule has 0 saturated heterocycles. The molecule has 0 atom stereocenters. The zero-order valence-electron chi connectivity index (χ0n) is 17.0. The van der Waals surface area contributed by atoms with Gasteiger partial charge in [0.1, 0.15) is 11.6 Å². The minimum absolute atomic E-state index is 0.304. The molecule has 0 unspecified atom stereocenters. The number of aryl methyl sites for hydroxylation is 2. The summed E-state index contributed by atoms with van der Waals surface area (Å²) in [6.07, 6.45) is 3.44. The van der Waals surface area contributed by atoms with Crippen LogP contribution in [0.4, 0.5) is 8.78 Å². The van der Waals surface area contributed by atoms with Crippen molar-refractivity contribution >= 4 is 11.0 Å². The summed E-state index contributed by atoms with van der Waals surface area (Å²) in [6, 6.07) is 16.5. The van der Waals surface area contributed by atoms with Crippen LogP contribution >= 0.6 is 0 Å². The van der Waals surface area contributed by atoms with Crippen LogP contribution in [0, 0.1) is 18.6 Å². The van der Waals surface area contributed by atoms with Gasteiger partial charge in [-0.2, -0.15) is 5.10 Å². The number of hydrogen-bond donors (Lipinski definition) is 0. The molecule has 2 aromatic carbocycles. The zero-order valence-corrected chi connectivity index (χ0v) is 17.0. The fourth-order valence-electron chi connectivity index (χ4n) is 3.99. The molecule has 0 aliphatic rings. The fourth-order valence-corrected chi connectivity index (χ4v) is 3.99. The summed E-state index contributed by atoms with van der Waals surface area (Å²) in [5, 5.41) is 5.48. The van der Waals surface area contributed by atoms with Crippen LogP contribution in [0.1, 0.15) is 5.69 Å². The first-order valence-electron chi connectivity index (χ1n) is 9.82. The van der Waals surface area contributed by atoms with Crippen LogP contribution in [0.5, 0.6) is 0 Å². The van der Waals surface area contributed by atoms with Crippen molar-refractivity contribution in [2.24, 2.45) is 7.05 Å². The molecular formula is C25H18F2N4. The minimum Gasteiger partial charge on any atom is -0.265 e. The number of pyridine rings is 2. The van der Waals surface area contributed by atoms with Crippen molar-refractivity contribution in [1.29, 1.82) is 0 Å². The summed E-state index contributed by atoms with van der Waals surface area (Å²) in [6.45, 7) is 1.94. The van der Waals surface area contributed by atoms with E-state index in [1.54, 1.807) is 41.3 Å². The first kappa shape index (κ1) is 19.1. The summed E-state index contributed by atoms with van der Waals surface area (Å²) < 4.78 is 29.1. The molecule has 0 saturated carbocycles. The normalized spacial score (nSPS) is 11.2. The van der Waals surface area contributed by atoms with Crippen LogP contribution in [-0.4, -0.2) is 19.7 Å². The first-order chi connectivity index (χ1) is 15.0. The number of rotatable bonds is 3. The lowest BCUT2D eigenvalue weighted by Gasteiger charge is -2.17. The Morgan fingerprint density at radius 2 is 1.26 bits per heavy atom. The maximum Gasteiger partial charge on any atom is 0.159 e. The molecule has 0 radical (unpaired) electrons. The molecule has 31 heavy (non-hydrogen) atoms. The van der Waals surface area contributed by atoms with Crippen LogP contribution < -0.4 is 0 Å². The van der Waals surface area contributed by atoms with E-state index in [0.717, 1.165) is 38.9 Å². The maximum absolute atomic E-state index is 13.7. The van der Waals surface area contributed by atoms with Crippen LogP contribution in [0.2, 0.25) is 0 Å². The van der Waals surface area contributed by atoms with E-state index < -0.39 is 0 Å². The zero-order chi connectivity index (χ0) is 21.5. The number of benzene rings is 2. The van der Waals surface area contributed by atoms with Crippen LogP contribution in [0.3, 0.4) is 0 Å². The van der Waals surface area contributed by atoms with Gasteiger partial charge < -0.3 is 0 Å². The van der Waals surface area contributed by atoms with Crippen LogP contribution in [0.15, 0.2) is 73.1 Å². The van der Waals surface area contributed by atoms with Gasteiger partial charge in [0.25, 0.3) is 0 Å². The monoisotopic (exact) mass is 412 g/mol. The van der Waals surface area contributed by atoms with Crippen molar-refractivity contribution in [2.75, 3.05) is 0 Å². The molecule has 0 N–H and O–H groups in total. The van der Waals surface area contributed by atoms with E-state index >= 15 is 0 Å². The quantitative estimate of drug-likeness (QED) is 0.368. The summed E-state index contributed by atoms with van der Waals surface area (Å²) in [4.78, 5) is 9.11. The second-order valence-corrected chi connectivity index (χ2v) is 7.37. The smallest absolute Gasteiger partial charge is 0.159 e. The summed E-state index contributed by atoms with van der Waals surface area (Å²) in [5.74, 6) is -0.619. The van der Waals surface area contributed by atoms with Gasteiger partial charge >= 0.3 is 0 Å². The fraction of sp³-hybridized carbons (Fsp3) is 0.0800. The summed E-state index contributed by atoms with van der Waals surface area (Å²) in [7, 11) is 1.84. The van der Waals surface area contributed by atoms with E-state index in [9.17, 15) is 8.78 Å². The van der Waals surface area contributed by atoms with Crippen LogP contribution in [-0.2, 0) is 7.05 Å². The van der Waals surface area contributed by atoms with E-state index in [1.165, 1.54) is 24.3 Å². The second-order valence-electron chi connectivity index (χ2n) is 7.37. The van der Waals surface area contributed by atoms with E-state index in [2.05, 4.69) is 10.1 Å². The van der Waals surface area contributed by atoms with Crippen molar-refractivity contribution < 1.29 is 8.78 Å². The van der Waals surface area contributed by atoms with E-state index in [4.69, 9.17) is 4.98 Å². The number of aromatic nitrogens is 4. The maximum atomic E-state index is 13.7. The highest BCUT2D eigenvalue weighted by molar-refractivity contribution is 6.07. The van der Waals surface area contributed by atoms with Gasteiger partial charge in [0.15, 0.2) is 5.65 Å². The molecule has 0 fully saturated rings. The molecule has 0 spiro atoms. The highest BCUT2D eigenvalue weighted by atomic mass is 19.1. The predicted octanol–water partition coefficient (Wildman–Crippen LogP) is 5.95. The predicted molar refractivity (Wildman–Crippen MR) is 117 cm³/mol.